The lowest BCUT2D eigenvalue weighted by molar-refractivity contribution is 0.0685. The van der Waals surface area contributed by atoms with E-state index >= 15 is 0 Å². The van der Waals surface area contributed by atoms with Gasteiger partial charge in [-0.05, 0) is 10.3 Å². The molecule has 0 radical (unpaired) electrons. The number of aromatic nitrogens is 2. The molecule has 0 saturated carbocycles. The molecule has 54 valence electrons. The third-order valence-electron chi connectivity index (χ3n) is 0.928. The molecular formula is C4H5N3O3. The summed E-state index contributed by atoms with van der Waals surface area (Å²) < 4.78 is 4.15. The minimum atomic E-state index is -1.16. The van der Waals surface area contributed by atoms with E-state index in [9.17, 15) is 4.79 Å². The normalized spacial score (nSPS) is 9.30. The molecule has 1 aromatic rings. The van der Waals surface area contributed by atoms with E-state index in [4.69, 9.17) is 5.11 Å². The summed E-state index contributed by atoms with van der Waals surface area (Å²) in [6.07, 6.45) is 0. The zero-order valence-electron chi connectivity index (χ0n) is 5.16. The van der Waals surface area contributed by atoms with Crippen LogP contribution in [0.2, 0.25) is 0 Å². The Morgan fingerprint density at radius 3 is 2.80 bits per heavy atom. The second-order valence-corrected chi connectivity index (χ2v) is 1.52. The Morgan fingerprint density at radius 2 is 2.40 bits per heavy atom. The highest BCUT2D eigenvalue weighted by Gasteiger charge is 2.14. The fourth-order valence-corrected chi connectivity index (χ4v) is 0.493. The van der Waals surface area contributed by atoms with Gasteiger partial charge in [-0.1, -0.05) is 0 Å². The topological polar surface area (TPSA) is 88.3 Å². The maximum atomic E-state index is 10.2. The molecule has 0 spiro atoms. The SMILES string of the molecule is CNc1nonc1C(=O)O. The second-order valence-electron chi connectivity index (χ2n) is 1.52. The van der Waals surface area contributed by atoms with Gasteiger partial charge in [-0.25, -0.2) is 9.42 Å². The van der Waals surface area contributed by atoms with Crippen molar-refractivity contribution in [1.82, 2.24) is 10.3 Å². The van der Waals surface area contributed by atoms with Gasteiger partial charge < -0.3 is 10.4 Å². The number of hydrogen-bond acceptors (Lipinski definition) is 5. The predicted molar refractivity (Wildman–Crippen MR) is 30.8 cm³/mol. The summed E-state index contributed by atoms with van der Waals surface area (Å²) in [6.45, 7) is 0. The molecule has 0 amide bonds. The zero-order valence-corrected chi connectivity index (χ0v) is 5.16. The summed E-state index contributed by atoms with van der Waals surface area (Å²) in [5.74, 6) is -1.03. The summed E-state index contributed by atoms with van der Waals surface area (Å²) in [5.41, 5.74) is -0.206. The highest BCUT2D eigenvalue weighted by atomic mass is 16.6. The maximum Gasteiger partial charge on any atom is 0.362 e. The van der Waals surface area contributed by atoms with Crippen molar-refractivity contribution >= 4 is 11.8 Å². The van der Waals surface area contributed by atoms with Crippen molar-refractivity contribution in [3.8, 4) is 0 Å². The highest BCUT2D eigenvalue weighted by molar-refractivity contribution is 5.90. The molecule has 0 unspecified atom stereocenters. The third-order valence-corrected chi connectivity index (χ3v) is 0.928. The second kappa shape index (κ2) is 2.34. The lowest BCUT2D eigenvalue weighted by Gasteiger charge is -1.88. The number of carbonyl (C=O) groups is 1. The molecule has 6 nitrogen and oxygen atoms in total. The smallest absolute Gasteiger partial charge is 0.362 e. The molecule has 0 aliphatic carbocycles. The van der Waals surface area contributed by atoms with Gasteiger partial charge in [0.25, 0.3) is 0 Å². The van der Waals surface area contributed by atoms with Crippen LogP contribution in [0.1, 0.15) is 10.5 Å². The molecule has 1 heterocycles. The maximum absolute atomic E-state index is 10.2. The molecule has 0 atom stereocenters. The first-order valence-electron chi connectivity index (χ1n) is 2.49. The summed E-state index contributed by atoms with van der Waals surface area (Å²) in [6, 6.07) is 0. The van der Waals surface area contributed by atoms with Crippen molar-refractivity contribution in [3.63, 3.8) is 0 Å². The number of hydrogen-bond donors (Lipinski definition) is 2. The van der Waals surface area contributed by atoms with E-state index in [1.165, 1.54) is 7.05 Å². The Balaban J connectivity index is 3.01. The van der Waals surface area contributed by atoms with Gasteiger partial charge in [-0.3, -0.25) is 0 Å². The first kappa shape index (κ1) is 6.53. The number of carboxylic acid groups (broad SMARTS) is 1. The molecule has 0 aliphatic heterocycles. The minimum Gasteiger partial charge on any atom is -0.476 e. The summed E-state index contributed by atoms with van der Waals surface area (Å²) in [5, 5.41) is 17.3. The number of nitrogens with one attached hydrogen (secondary N) is 1. The molecule has 2 N–H and O–H groups in total. The van der Waals surface area contributed by atoms with Crippen molar-refractivity contribution in [2.75, 3.05) is 12.4 Å². The number of aromatic carboxylic acids is 1. The van der Waals surface area contributed by atoms with Crippen LogP contribution in [0, 0.1) is 0 Å². The van der Waals surface area contributed by atoms with Gasteiger partial charge in [0.15, 0.2) is 0 Å². The fraction of sp³-hybridized carbons (Fsp3) is 0.250. The van der Waals surface area contributed by atoms with Crippen LogP contribution in [0.4, 0.5) is 5.82 Å². The molecule has 0 aliphatic rings. The minimum absolute atomic E-state index is 0.132. The summed E-state index contributed by atoms with van der Waals surface area (Å²) in [7, 11) is 1.53. The molecule has 0 aromatic carbocycles. The van der Waals surface area contributed by atoms with Gasteiger partial charge in [-0.2, -0.15) is 0 Å². The molecular weight excluding hydrogens is 138 g/mol. The first-order valence-corrected chi connectivity index (χ1v) is 2.49. The van der Waals surface area contributed by atoms with Gasteiger partial charge in [0, 0.05) is 7.05 Å². The Kier molecular flexibility index (Phi) is 1.53. The number of rotatable bonds is 2. The zero-order chi connectivity index (χ0) is 7.56. The summed E-state index contributed by atoms with van der Waals surface area (Å²) >= 11 is 0. The largest absolute Gasteiger partial charge is 0.476 e. The van der Waals surface area contributed by atoms with Crippen LogP contribution >= 0.6 is 0 Å². The Hall–Kier alpha value is -1.59. The van der Waals surface area contributed by atoms with E-state index in [1.807, 2.05) is 0 Å². The summed E-state index contributed by atoms with van der Waals surface area (Å²) in [4.78, 5) is 10.2. The predicted octanol–water partition coefficient (Wildman–Crippen LogP) is -0.191. The quantitative estimate of drug-likeness (QED) is 0.596. The van der Waals surface area contributed by atoms with Crippen LogP contribution < -0.4 is 5.32 Å². The molecule has 0 fully saturated rings. The van der Waals surface area contributed by atoms with E-state index in [-0.39, 0.29) is 11.5 Å². The lowest BCUT2D eigenvalue weighted by atomic mass is 10.4. The van der Waals surface area contributed by atoms with Crippen LogP contribution in [-0.4, -0.2) is 28.4 Å². The average Bonchev–Trinajstić information content (AvgIpc) is 2.33. The van der Waals surface area contributed by atoms with E-state index in [1.54, 1.807) is 0 Å². The van der Waals surface area contributed by atoms with Crippen LogP contribution in [0.5, 0.6) is 0 Å². The van der Waals surface area contributed by atoms with E-state index in [2.05, 4.69) is 20.3 Å². The Morgan fingerprint density at radius 1 is 1.70 bits per heavy atom. The van der Waals surface area contributed by atoms with Gasteiger partial charge in [0.05, 0.1) is 0 Å². The third kappa shape index (κ3) is 0.903. The first-order chi connectivity index (χ1) is 4.75. The molecule has 1 aromatic heterocycles. The van der Waals surface area contributed by atoms with Crippen molar-refractivity contribution in [3.05, 3.63) is 5.69 Å². The van der Waals surface area contributed by atoms with Gasteiger partial charge in [-0.15, -0.1) is 0 Å². The lowest BCUT2D eigenvalue weighted by Crippen LogP contribution is -2.01. The molecule has 6 heteroatoms. The Labute approximate surface area is 55.8 Å². The van der Waals surface area contributed by atoms with Crippen molar-refractivity contribution in [2.24, 2.45) is 0 Å². The standard InChI is InChI=1S/C4H5N3O3/c1-5-3-2(4(8)9)6-10-7-3/h1H3,(H,5,7)(H,8,9). The van der Waals surface area contributed by atoms with Crippen LogP contribution in [0.3, 0.4) is 0 Å². The molecule has 0 bridgehead atoms. The van der Waals surface area contributed by atoms with Gasteiger partial charge >= 0.3 is 5.97 Å². The van der Waals surface area contributed by atoms with Crippen molar-refractivity contribution in [2.45, 2.75) is 0 Å². The Bertz CT molecular complexity index is 244. The number of carboxylic acids is 1. The van der Waals surface area contributed by atoms with E-state index in [0.717, 1.165) is 0 Å². The van der Waals surface area contributed by atoms with Crippen LogP contribution in [0.15, 0.2) is 4.63 Å². The van der Waals surface area contributed by atoms with Gasteiger partial charge in [0.2, 0.25) is 11.5 Å². The molecule has 0 saturated heterocycles. The van der Waals surface area contributed by atoms with E-state index in [0.29, 0.717) is 0 Å². The van der Waals surface area contributed by atoms with Crippen LogP contribution in [-0.2, 0) is 0 Å². The molecule has 1 rings (SSSR count). The average molecular weight is 143 g/mol. The number of anilines is 1. The van der Waals surface area contributed by atoms with Gasteiger partial charge in [0.1, 0.15) is 0 Å². The van der Waals surface area contributed by atoms with E-state index < -0.39 is 5.97 Å². The monoisotopic (exact) mass is 143 g/mol. The molecule has 10 heavy (non-hydrogen) atoms. The highest BCUT2D eigenvalue weighted by Crippen LogP contribution is 2.06. The van der Waals surface area contributed by atoms with Crippen LogP contribution in [0.25, 0.3) is 0 Å². The van der Waals surface area contributed by atoms with Crippen molar-refractivity contribution < 1.29 is 14.5 Å². The number of nitrogens with zero attached hydrogens (tertiary/aromatic N) is 2. The fourth-order valence-electron chi connectivity index (χ4n) is 0.493. The van der Waals surface area contributed by atoms with Crippen molar-refractivity contribution in [1.29, 1.82) is 0 Å².